The average molecular weight is 463 g/mol. The number of amides is 1. The Morgan fingerprint density at radius 3 is 2.75 bits per heavy atom. The van der Waals surface area contributed by atoms with Gasteiger partial charge in [0.1, 0.15) is 6.61 Å². The summed E-state index contributed by atoms with van der Waals surface area (Å²) in [5.41, 5.74) is 1.60. The first-order valence-electron chi connectivity index (χ1n) is 10.7. The number of hydrogen-bond acceptors (Lipinski definition) is 8. The number of unbranched alkanes of at least 4 members (excludes halogenated alkanes) is 1. The van der Waals surface area contributed by atoms with E-state index in [1.807, 2.05) is 18.2 Å². The molecule has 1 saturated heterocycles. The molecule has 1 atom stereocenters. The van der Waals surface area contributed by atoms with Gasteiger partial charge in [0.2, 0.25) is 5.91 Å². The lowest BCUT2D eigenvalue weighted by molar-refractivity contribution is -0.141. The van der Waals surface area contributed by atoms with Crippen molar-refractivity contribution in [1.82, 2.24) is 4.90 Å². The fourth-order valence-corrected chi connectivity index (χ4v) is 4.58. The quantitative estimate of drug-likeness (QED) is 0.387. The Hall–Kier alpha value is -2.52. The van der Waals surface area contributed by atoms with Gasteiger partial charge in [0, 0.05) is 19.3 Å². The predicted molar refractivity (Wildman–Crippen MR) is 123 cm³/mol. The number of esters is 1. The summed E-state index contributed by atoms with van der Waals surface area (Å²) in [6.45, 7) is 4.85. The Bertz CT molecular complexity index is 914. The number of nitrogens with zero attached hydrogens (tertiary/aromatic N) is 2. The number of aliphatic imine (C=N–C) groups is 1. The van der Waals surface area contributed by atoms with Crippen molar-refractivity contribution in [3.63, 3.8) is 0 Å². The predicted octanol–water partition coefficient (Wildman–Crippen LogP) is 3.71. The van der Waals surface area contributed by atoms with E-state index >= 15 is 0 Å². The third-order valence-corrected chi connectivity index (χ3v) is 6.16. The Morgan fingerprint density at radius 1 is 1.22 bits per heavy atom. The first-order valence-corrected chi connectivity index (χ1v) is 11.7. The smallest absolute Gasteiger partial charge is 0.338 e. The van der Waals surface area contributed by atoms with Gasteiger partial charge in [-0.05, 0) is 31.0 Å². The van der Waals surface area contributed by atoms with E-state index in [0.29, 0.717) is 46.7 Å². The molecule has 174 valence electrons. The van der Waals surface area contributed by atoms with Crippen molar-refractivity contribution < 1.29 is 28.5 Å². The van der Waals surface area contributed by atoms with Gasteiger partial charge in [-0.15, -0.1) is 0 Å². The van der Waals surface area contributed by atoms with Crippen LogP contribution in [-0.2, 0) is 19.1 Å². The number of rotatable bonds is 10. The molecule has 1 aromatic rings. The van der Waals surface area contributed by atoms with Crippen LogP contribution >= 0.6 is 11.8 Å². The molecule has 0 radical (unpaired) electrons. The van der Waals surface area contributed by atoms with E-state index < -0.39 is 12.0 Å². The zero-order valence-corrected chi connectivity index (χ0v) is 19.8. The maximum atomic E-state index is 13.0. The number of allylic oxidation sites excluding steroid dienone is 1. The van der Waals surface area contributed by atoms with Crippen LogP contribution in [0.15, 0.2) is 34.5 Å². The van der Waals surface area contributed by atoms with Crippen molar-refractivity contribution in [2.75, 3.05) is 39.8 Å². The highest BCUT2D eigenvalue weighted by Gasteiger charge is 2.42. The number of benzene rings is 1. The van der Waals surface area contributed by atoms with Crippen LogP contribution in [0.2, 0.25) is 0 Å². The minimum absolute atomic E-state index is 0.0792. The molecule has 32 heavy (non-hydrogen) atoms. The van der Waals surface area contributed by atoms with Crippen LogP contribution in [0.4, 0.5) is 0 Å². The molecule has 0 aromatic heterocycles. The maximum Gasteiger partial charge on any atom is 0.338 e. The third-order valence-electron chi connectivity index (χ3n) is 5.21. The van der Waals surface area contributed by atoms with Gasteiger partial charge in [-0.3, -0.25) is 9.69 Å². The number of fused-ring (bicyclic) bond motifs is 1. The highest BCUT2D eigenvalue weighted by Crippen LogP contribution is 2.42. The number of amidine groups is 1. The summed E-state index contributed by atoms with van der Waals surface area (Å²) < 4.78 is 21.8. The number of methoxy groups -OCH3 is 2. The number of carbonyl (C=O) groups is 2. The van der Waals surface area contributed by atoms with Crippen molar-refractivity contribution in [3.8, 4) is 11.5 Å². The highest BCUT2D eigenvalue weighted by atomic mass is 32.2. The lowest BCUT2D eigenvalue weighted by atomic mass is 9.94. The minimum Gasteiger partial charge on any atom is -0.493 e. The van der Waals surface area contributed by atoms with E-state index in [0.717, 1.165) is 18.4 Å². The lowest BCUT2D eigenvalue weighted by Crippen LogP contribution is -2.45. The van der Waals surface area contributed by atoms with E-state index in [1.54, 1.807) is 26.0 Å². The van der Waals surface area contributed by atoms with Crippen LogP contribution in [0.1, 0.15) is 44.7 Å². The highest BCUT2D eigenvalue weighted by molar-refractivity contribution is 8.14. The normalized spacial score (nSPS) is 18.2. The molecule has 0 aliphatic carbocycles. The number of thioether (sulfide) groups is 1. The molecular formula is C23H30N2O6S. The second-order valence-electron chi connectivity index (χ2n) is 7.40. The summed E-state index contributed by atoms with van der Waals surface area (Å²) >= 11 is 1.51. The summed E-state index contributed by atoms with van der Waals surface area (Å²) in [6.07, 6.45) is 2.34. The summed E-state index contributed by atoms with van der Waals surface area (Å²) in [5, 5.41) is 0.597. The van der Waals surface area contributed by atoms with E-state index in [1.165, 1.54) is 11.8 Å². The number of hydrogen-bond donors (Lipinski definition) is 0. The second-order valence-corrected chi connectivity index (χ2v) is 8.46. The molecular weight excluding hydrogens is 432 g/mol. The molecule has 2 aliphatic rings. The topological polar surface area (TPSA) is 86.7 Å². The van der Waals surface area contributed by atoms with Gasteiger partial charge in [0.15, 0.2) is 16.7 Å². The lowest BCUT2D eigenvalue weighted by Gasteiger charge is -2.39. The second kappa shape index (κ2) is 11.4. The van der Waals surface area contributed by atoms with Gasteiger partial charge < -0.3 is 18.9 Å². The molecule has 1 amide bonds. The zero-order chi connectivity index (χ0) is 23.1. The Morgan fingerprint density at radius 2 is 2.03 bits per heavy atom. The molecule has 1 fully saturated rings. The van der Waals surface area contributed by atoms with E-state index in [-0.39, 0.29) is 19.1 Å². The van der Waals surface area contributed by atoms with Gasteiger partial charge in [0.25, 0.3) is 0 Å². The fourth-order valence-electron chi connectivity index (χ4n) is 3.57. The number of carbonyl (C=O) groups excluding carboxylic acids is 2. The molecule has 2 aliphatic heterocycles. The Balaban J connectivity index is 2.01. The van der Waals surface area contributed by atoms with Crippen molar-refractivity contribution in [3.05, 3.63) is 35.0 Å². The van der Waals surface area contributed by atoms with Crippen molar-refractivity contribution >= 4 is 28.8 Å². The van der Waals surface area contributed by atoms with Crippen LogP contribution in [0, 0.1) is 0 Å². The van der Waals surface area contributed by atoms with E-state index in [9.17, 15) is 9.59 Å². The molecule has 0 N–H and O–H groups in total. The fraction of sp³-hybridized carbons (Fsp3) is 0.522. The standard InChI is InChI=1S/C23H30N2O6S/c1-5-6-10-30-17-8-7-16(14-18(17)29-4)21-20(22(27)31-12-11-28-3)15(2)24-23-25(21)19(26)9-13-32-23/h7-8,14,21H,5-6,9-13H2,1-4H3/t21-/m0/s1. The van der Waals surface area contributed by atoms with Crippen molar-refractivity contribution in [2.45, 2.75) is 39.2 Å². The summed E-state index contributed by atoms with van der Waals surface area (Å²) in [6, 6.07) is 4.84. The largest absolute Gasteiger partial charge is 0.493 e. The summed E-state index contributed by atoms with van der Waals surface area (Å²) in [4.78, 5) is 32.1. The average Bonchev–Trinajstić information content (AvgIpc) is 2.78. The van der Waals surface area contributed by atoms with Crippen LogP contribution in [0.3, 0.4) is 0 Å². The monoisotopic (exact) mass is 462 g/mol. The van der Waals surface area contributed by atoms with Crippen LogP contribution in [0.5, 0.6) is 11.5 Å². The first-order chi connectivity index (χ1) is 15.5. The van der Waals surface area contributed by atoms with Crippen LogP contribution in [-0.4, -0.2) is 61.7 Å². The van der Waals surface area contributed by atoms with Crippen LogP contribution < -0.4 is 9.47 Å². The first kappa shape index (κ1) is 24.1. The SMILES string of the molecule is CCCCOc1ccc([C@H]2C(C(=O)OCCOC)=C(C)N=C3SCCC(=O)N32)cc1OC. The molecule has 3 rings (SSSR count). The molecule has 8 nitrogen and oxygen atoms in total. The van der Waals surface area contributed by atoms with Gasteiger partial charge in [-0.25, -0.2) is 9.79 Å². The number of ether oxygens (including phenoxy) is 4. The molecule has 0 spiro atoms. The molecule has 1 aromatic carbocycles. The van der Waals surface area contributed by atoms with Gasteiger partial charge in [0.05, 0.1) is 37.6 Å². The van der Waals surface area contributed by atoms with Gasteiger partial charge >= 0.3 is 5.97 Å². The maximum absolute atomic E-state index is 13.0. The molecule has 0 bridgehead atoms. The summed E-state index contributed by atoms with van der Waals surface area (Å²) in [7, 11) is 3.11. The van der Waals surface area contributed by atoms with E-state index in [2.05, 4.69) is 11.9 Å². The molecule has 9 heteroatoms. The molecule has 0 saturated carbocycles. The third kappa shape index (κ3) is 5.27. The minimum atomic E-state index is -0.656. The molecule has 0 unspecified atom stereocenters. The molecule has 2 heterocycles. The van der Waals surface area contributed by atoms with Crippen molar-refractivity contribution in [1.29, 1.82) is 0 Å². The van der Waals surface area contributed by atoms with Crippen molar-refractivity contribution in [2.24, 2.45) is 4.99 Å². The Labute approximate surface area is 192 Å². The van der Waals surface area contributed by atoms with E-state index in [4.69, 9.17) is 18.9 Å². The van der Waals surface area contributed by atoms with Crippen LogP contribution in [0.25, 0.3) is 0 Å². The van der Waals surface area contributed by atoms with Gasteiger partial charge in [-0.2, -0.15) is 0 Å². The zero-order valence-electron chi connectivity index (χ0n) is 19.0. The summed E-state index contributed by atoms with van der Waals surface area (Å²) in [5.74, 6) is 1.24. The Kier molecular flexibility index (Phi) is 8.58. The van der Waals surface area contributed by atoms with Gasteiger partial charge in [-0.1, -0.05) is 31.2 Å².